The van der Waals surface area contributed by atoms with Crippen LogP contribution in [0.1, 0.15) is 17.4 Å². The molecular weight excluding hydrogens is 156 g/mol. The van der Waals surface area contributed by atoms with E-state index in [2.05, 4.69) is 19.9 Å². The molecule has 60 valence electrons. The molecule has 2 aromatic rings. The van der Waals surface area contributed by atoms with E-state index in [-0.39, 0.29) is 5.78 Å². The van der Waals surface area contributed by atoms with Crippen LogP contribution in [0.4, 0.5) is 0 Å². The van der Waals surface area contributed by atoms with E-state index in [1.807, 2.05) is 0 Å². The second-order valence-electron chi connectivity index (χ2n) is 2.39. The first-order valence-electron chi connectivity index (χ1n) is 3.44. The smallest absolute Gasteiger partial charge is 0.197 e. The Bertz CT molecular complexity index is 434. The molecular formula is C7H6N4O. The minimum Gasteiger partial charge on any atom is -0.328 e. The maximum absolute atomic E-state index is 10.9. The van der Waals surface area contributed by atoms with Crippen LogP contribution in [0.25, 0.3) is 11.3 Å². The number of carbonyl (C=O) groups is 1. The molecule has 0 amide bonds. The fourth-order valence-corrected chi connectivity index (χ4v) is 0.898. The average molecular weight is 162 g/mol. The van der Waals surface area contributed by atoms with Crippen LogP contribution in [-0.4, -0.2) is 25.7 Å². The van der Waals surface area contributed by atoms with Gasteiger partial charge in [-0.1, -0.05) is 0 Å². The number of Topliss-reactive ketones (excluding diaryl/α,β-unsaturated/α-hetero) is 1. The number of imidazole rings is 1. The first-order valence-corrected chi connectivity index (χ1v) is 3.44. The van der Waals surface area contributed by atoms with Gasteiger partial charge >= 0.3 is 0 Å². The standard InChI is InChI=1S/C7H6N4O/c1-4(12)5-2-8-6-7(11-5)10-3-9-6/h2-3H,1H3,(H,8,9,10,11). The van der Waals surface area contributed by atoms with E-state index in [0.29, 0.717) is 17.0 Å². The lowest BCUT2D eigenvalue weighted by molar-refractivity contribution is 0.101. The van der Waals surface area contributed by atoms with Crippen molar-refractivity contribution in [2.75, 3.05) is 0 Å². The molecule has 0 bridgehead atoms. The van der Waals surface area contributed by atoms with E-state index >= 15 is 0 Å². The largest absolute Gasteiger partial charge is 0.328 e. The fraction of sp³-hybridized carbons (Fsp3) is 0.143. The van der Waals surface area contributed by atoms with Crippen LogP contribution >= 0.6 is 0 Å². The Labute approximate surface area is 67.9 Å². The number of ketones is 1. The lowest BCUT2D eigenvalue weighted by Crippen LogP contribution is -1.97. The maximum Gasteiger partial charge on any atom is 0.197 e. The molecule has 0 aromatic carbocycles. The number of aromatic amines is 1. The van der Waals surface area contributed by atoms with Crippen molar-refractivity contribution in [3.63, 3.8) is 0 Å². The highest BCUT2D eigenvalue weighted by atomic mass is 16.1. The van der Waals surface area contributed by atoms with Gasteiger partial charge in [0.2, 0.25) is 0 Å². The summed E-state index contributed by atoms with van der Waals surface area (Å²) < 4.78 is 0. The molecule has 0 spiro atoms. The van der Waals surface area contributed by atoms with E-state index in [1.165, 1.54) is 19.4 Å². The number of nitrogens with zero attached hydrogens (tertiary/aromatic N) is 3. The molecule has 5 nitrogen and oxygen atoms in total. The first-order chi connectivity index (χ1) is 5.77. The van der Waals surface area contributed by atoms with Crippen molar-refractivity contribution in [2.24, 2.45) is 0 Å². The van der Waals surface area contributed by atoms with Gasteiger partial charge in [-0.05, 0) is 0 Å². The summed E-state index contributed by atoms with van der Waals surface area (Å²) in [4.78, 5) is 25.5. The monoisotopic (exact) mass is 162 g/mol. The third-order valence-electron chi connectivity index (χ3n) is 1.50. The molecule has 0 fully saturated rings. The molecule has 2 aromatic heterocycles. The Morgan fingerprint density at radius 1 is 1.50 bits per heavy atom. The minimum absolute atomic E-state index is 0.0981. The van der Waals surface area contributed by atoms with E-state index in [4.69, 9.17) is 0 Å². The zero-order valence-electron chi connectivity index (χ0n) is 6.40. The van der Waals surface area contributed by atoms with Crippen LogP contribution in [0.3, 0.4) is 0 Å². The number of fused-ring (bicyclic) bond motifs is 1. The summed E-state index contributed by atoms with van der Waals surface area (Å²) in [6.45, 7) is 1.45. The van der Waals surface area contributed by atoms with Crippen molar-refractivity contribution in [3.8, 4) is 0 Å². The van der Waals surface area contributed by atoms with Crippen LogP contribution in [0, 0.1) is 0 Å². The molecule has 1 N–H and O–H groups in total. The highest BCUT2D eigenvalue weighted by Gasteiger charge is 2.04. The second kappa shape index (κ2) is 2.37. The lowest BCUT2D eigenvalue weighted by atomic mass is 10.3. The Balaban J connectivity index is 2.68. The molecule has 0 aliphatic rings. The Morgan fingerprint density at radius 2 is 2.33 bits per heavy atom. The Morgan fingerprint density at radius 3 is 3.08 bits per heavy atom. The minimum atomic E-state index is -0.0981. The third kappa shape index (κ3) is 0.952. The summed E-state index contributed by atoms with van der Waals surface area (Å²) in [5, 5.41) is 0. The molecule has 0 atom stereocenters. The second-order valence-corrected chi connectivity index (χ2v) is 2.39. The summed E-state index contributed by atoms with van der Waals surface area (Å²) in [5.41, 5.74) is 1.43. The number of hydrogen-bond acceptors (Lipinski definition) is 4. The summed E-state index contributed by atoms with van der Waals surface area (Å²) in [7, 11) is 0. The van der Waals surface area contributed by atoms with Crippen molar-refractivity contribution in [1.29, 1.82) is 0 Å². The Kier molecular flexibility index (Phi) is 1.36. The van der Waals surface area contributed by atoms with Crippen molar-refractivity contribution >= 4 is 17.1 Å². The third-order valence-corrected chi connectivity index (χ3v) is 1.50. The molecule has 5 heteroatoms. The summed E-state index contributed by atoms with van der Waals surface area (Å²) in [5.74, 6) is -0.0981. The van der Waals surface area contributed by atoms with Crippen LogP contribution in [-0.2, 0) is 0 Å². The number of hydrogen-bond donors (Lipinski definition) is 1. The molecule has 2 rings (SSSR count). The van der Waals surface area contributed by atoms with Crippen molar-refractivity contribution in [2.45, 2.75) is 6.92 Å². The van der Waals surface area contributed by atoms with Gasteiger partial charge in [0, 0.05) is 6.92 Å². The van der Waals surface area contributed by atoms with Gasteiger partial charge in [0.05, 0.1) is 12.5 Å². The first kappa shape index (κ1) is 6.90. The number of aromatic nitrogens is 4. The normalized spacial score (nSPS) is 10.4. The van der Waals surface area contributed by atoms with Gasteiger partial charge in [-0.25, -0.2) is 15.0 Å². The molecule has 0 aliphatic carbocycles. The van der Waals surface area contributed by atoms with Crippen LogP contribution in [0.2, 0.25) is 0 Å². The number of carbonyl (C=O) groups excluding carboxylic acids is 1. The predicted molar refractivity (Wildman–Crippen MR) is 41.7 cm³/mol. The van der Waals surface area contributed by atoms with Gasteiger partial charge in [-0.2, -0.15) is 0 Å². The number of rotatable bonds is 1. The summed E-state index contributed by atoms with van der Waals surface area (Å²) in [6.07, 6.45) is 2.92. The van der Waals surface area contributed by atoms with E-state index < -0.39 is 0 Å². The molecule has 12 heavy (non-hydrogen) atoms. The van der Waals surface area contributed by atoms with Gasteiger partial charge in [-0.3, -0.25) is 4.79 Å². The van der Waals surface area contributed by atoms with E-state index in [9.17, 15) is 4.79 Å². The number of H-pyrrole nitrogens is 1. The summed E-state index contributed by atoms with van der Waals surface area (Å²) >= 11 is 0. The SMILES string of the molecule is CC(=O)c1cnc2nc[nH]c2n1. The van der Waals surface area contributed by atoms with Crippen LogP contribution in [0.5, 0.6) is 0 Å². The lowest BCUT2D eigenvalue weighted by Gasteiger charge is -1.91. The average Bonchev–Trinajstić information content (AvgIpc) is 2.49. The molecule has 0 saturated carbocycles. The highest BCUT2D eigenvalue weighted by Crippen LogP contribution is 2.02. The van der Waals surface area contributed by atoms with Gasteiger partial charge in [0.1, 0.15) is 5.69 Å². The van der Waals surface area contributed by atoms with Crippen molar-refractivity contribution in [1.82, 2.24) is 19.9 Å². The quantitative estimate of drug-likeness (QED) is 0.622. The molecule has 0 unspecified atom stereocenters. The highest BCUT2D eigenvalue weighted by molar-refractivity contribution is 5.92. The maximum atomic E-state index is 10.9. The molecule has 0 saturated heterocycles. The van der Waals surface area contributed by atoms with Crippen molar-refractivity contribution < 1.29 is 4.79 Å². The molecule has 0 aliphatic heterocycles. The summed E-state index contributed by atoms with van der Waals surface area (Å²) in [6, 6.07) is 0. The topological polar surface area (TPSA) is 71.5 Å². The Hall–Kier alpha value is -1.78. The predicted octanol–water partition coefficient (Wildman–Crippen LogP) is 0.555. The van der Waals surface area contributed by atoms with Crippen LogP contribution < -0.4 is 0 Å². The van der Waals surface area contributed by atoms with Gasteiger partial charge in [-0.15, -0.1) is 0 Å². The van der Waals surface area contributed by atoms with E-state index in [0.717, 1.165) is 0 Å². The molecule has 2 heterocycles. The van der Waals surface area contributed by atoms with Gasteiger partial charge in [0.15, 0.2) is 17.1 Å². The van der Waals surface area contributed by atoms with Crippen molar-refractivity contribution in [3.05, 3.63) is 18.2 Å². The van der Waals surface area contributed by atoms with Gasteiger partial charge < -0.3 is 4.98 Å². The fourth-order valence-electron chi connectivity index (χ4n) is 0.898. The zero-order valence-corrected chi connectivity index (χ0v) is 6.40. The zero-order chi connectivity index (χ0) is 8.55. The van der Waals surface area contributed by atoms with Gasteiger partial charge in [0.25, 0.3) is 0 Å². The molecule has 0 radical (unpaired) electrons. The number of nitrogens with one attached hydrogen (secondary N) is 1. The van der Waals surface area contributed by atoms with E-state index in [1.54, 1.807) is 0 Å². The van der Waals surface area contributed by atoms with Crippen LogP contribution in [0.15, 0.2) is 12.5 Å².